The van der Waals surface area contributed by atoms with Crippen LogP contribution in [-0.4, -0.2) is 4.57 Å². The third-order valence-electron chi connectivity index (χ3n) is 5.67. The van der Waals surface area contributed by atoms with E-state index < -0.39 is 0 Å². The molecular weight excluding hydrogens is 338 g/mol. The highest BCUT2D eigenvalue weighted by atomic mass is 14.9. The zero-order chi connectivity index (χ0) is 18.9. The molecule has 1 aromatic heterocycles. The average molecular weight is 361 g/mol. The van der Waals surface area contributed by atoms with Gasteiger partial charge in [0.15, 0.2) is 0 Å². The Morgan fingerprint density at radius 3 is 1.96 bits per heavy atom. The average Bonchev–Trinajstić information content (AvgIpc) is 3.02. The predicted octanol–water partition coefficient (Wildman–Crippen LogP) is 6.51. The first kappa shape index (κ1) is 16.8. The Bertz CT molecular complexity index is 1250. The minimum atomic E-state index is 0.959. The van der Waals surface area contributed by atoms with Gasteiger partial charge in [0.1, 0.15) is 0 Å². The maximum absolute atomic E-state index is 2.39. The summed E-state index contributed by atoms with van der Waals surface area (Å²) in [6.07, 6.45) is 1.92. The summed E-state index contributed by atoms with van der Waals surface area (Å²) in [5.41, 5.74) is 8.07. The van der Waals surface area contributed by atoms with E-state index in [1.165, 1.54) is 44.1 Å². The highest BCUT2D eigenvalue weighted by Crippen LogP contribution is 2.33. The minimum absolute atomic E-state index is 0.959. The molecule has 0 atom stereocenters. The summed E-state index contributed by atoms with van der Waals surface area (Å²) < 4.78 is 2.32. The molecule has 0 spiro atoms. The standard InChI is InChI=1S/C27H23N/c1-28-25-16-15-22(17-20-9-4-2-5-10-20)19-24(25)27-23(13-8-14-26(27)28)18-21-11-6-3-7-12-21/h2-16,19H,17-18H2,1H3. The lowest BCUT2D eigenvalue weighted by Crippen LogP contribution is -1.90. The Hall–Kier alpha value is -3.32. The number of hydrogen-bond acceptors (Lipinski definition) is 0. The molecule has 5 aromatic rings. The van der Waals surface area contributed by atoms with Crippen LogP contribution in [0.15, 0.2) is 97.1 Å². The Labute approximate surface area is 165 Å². The van der Waals surface area contributed by atoms with Gasteiger partial charge in [-0.1, -0.05) is 78.9 Å². The molecule has 0 aliphatic heterocycles. The SMILES string of the molecule is Cn1c2ccc(Cc3ccccc3)cc2c2c(Cc3ccccc3)cccc21. The minimum Gasteiger partial charge on any atom is -0.344 e. The van der Waals surface area contributed by atoms with Crippen molar-refractivity contribution in [2.45, 2.75) is 12.8 Å². The summed E-state index contributed by atoms with van der Waals surface area (Å²) >= 11 is 0. The van der Waals surface area contributed by atoms with Crippen LogP contribution in [0.5, 0.6) is 0 Å². The molecule has 0 saturated carbocycles. The van der Waals surface area contributed by atoms with Crippen molar-refractivity contribution in [1.29, 1.82) is 0 Å². The molecule has 4 aromatic carbocycles. The first-order chi connectivity index (χ1) is 13.8. The number of rotatable bonds is 4. The van der Waals surface area contributed by atoms with Crippen LogP contribution in [0.25, 0.3) is 21.8 Å². The summed E-state index contributed by atoms with van der Waals surface area (Å²) in [6, 6.07) is 35.1. The van der Waals surface area contributed by atoms with E-state index in [-0.39, 0.29) is 0 Å². The van der Waals surface area contributed by atoms with Gasteiger partial charge in [-0.25, -0.2) is 0 Å². The summed E-state index contributed by atoms with van der Waals surface area (Å²) in [5.74, 6) is 0. The Balaban J connectivity index is 1.66. The van der Waals surface area contributed by atoms with E-state index in [1.807, 2.05) is 0 Å². The zero-order valence-corrected chi connectivity index (χ0v) is 16.1. The number of aromatic nitrogens is 1. The van der Waals surface area contributed by atoms with Gasteiger partial charge in [-0.2, -0.15) is 0 Å². The van der Waals surface area contributed by atoms with Crippen molar-refractivity contribution < 1.29 is 0 Å². The van der Waals surface area contributed by atoms with Crippen molar-refractivity contribution in [2.75, 3.05) is 0 Å². The summed E-state index contributed by atoms with van der Waals surface area (Å²) in [7, 11) is 2.17. The second-order valence-electron chi connectivity index (χ2n) is 7.55. The van der Waals surface area contributed by atoms with Crippen LogP contribution in [-0.2, 0) is 19.9 Å². The first-order valence-electron chi connectivity index (χ1n) is 9.86. The van der Waals surface area contributed by atoms with Gasteiger partial charge in [-0.05, 0) is 53.3 Å². The van der Waals surface area contributed by atoms with Crippen molar-refractivity contribution >= 4 is 21.8 Å². The van der Waals surface area contributed by atoms with E-state index in [4.69, 9.17) is 0 Å². The number of hydrogen-bond donors (Lipinski definition) is 0. The molecule has 1 heteroatoms. The molecular formula is C27H23N. The summed E-state index contributed by atoms with van der Waals surface area (Å²) in [6.45, 7) is 0. The molecule has 0 aliphatic rings. The molecule has 0 saturated heterocycles. The molecule has 0 aliphatic carbocycles. The summed E-state index contributed by atoms with van der Waals surface area (Å²) in [4.78, 5) is 0. The van der Waals surface area contributed by atoms with Crippen LogP contribution >= 0.6 is 0 Å². The Morgan fingerprint density at radius 2 is 1.25 bits per heavy atom. The van der Waals surface area contributed by atoms with Crippen molar-refractivity contribution in [3.05, 3.63) is 119 Å². The van der Waals surface area contributed by atoms with Crippen LogP contribution < -0.4 is 0 Å². The molecule has 136 valence electrons. The van der Waals surface area contributed by atoms with Crippen LogP contribution in [0.4, 0.5) is 0 Å². The maximum Gasteiger partial charge on any atom is 0.0491 e. The van der Waals surface area contributed by atoms with E-state index in [0.29, 0.717) is 0 Å². The quantitative estimate of drug-likeness (QED) is 0.344. The number of nitrogens with zero attached hydrogens (tertiary/aromatic N) is 1. The van der Waals surface area contributed by atoms with Gasteiger partial charge < -0.3 is 4.57 Å². The lowest BCUT2D eigenvalue weighted by Gasteiger charge is -2.06. The van der Waals surface area contributed by atoms with Crippen molar-refractivity contribution in [3.8, 4) is 0 Å². The Kier molecular flexibility index (Phi) is 4.21. The normalized spacial score (nSPS) is 11.3. The second kappa shape index (κ2) is 7.01. The summed E-state index contributed by atoms with van der Waals surface area (Å²) in [5, 5.41) is 2.75. The topological polar surface area (TPSA) is 4.93 Å². The molecule has 0 radical (unpaired) electrons. The number of benzene rings is 4. The van der Waals surface area contributed by atoms with Gasteiger partial charge in [0.25, 0.3) is 0 Å². The van der Waals surface area contributed by atoms with Gasteiger partial charge in [0, 0.05) is 28.9 Å². The molecule has 1 heterocycles. The molecule has 0 unspecified atom stereocenters. The predicted molar refractivity (Wildman–Crippen MR) is 119 cm³/mol. The van der Waals surface area contributed by atoms with E-state index in [0.717, 1.165) is 12.8 Å². The molecule has 0 fully saturated rings. The molecule has 0 bridgehead atoms. The number of fused-ring (bicyclic) bond motifs is 3. The first-order valence-corrected chi connectivity index (χ1v) is 9.86. The second-order valence-corrected chi connectivity index (χ2v) is 7.55. The highest BCUT2D eigenvalue weighted by Gasteiger charge is 2.13. The molecule has 5 rings (SSSR count). The Morgan fingerprint density at radius 1 is 0.571 bits per heavy atom. The van der Waals surface area contributed by atoms with Crippen LogP contribution in [0.2, 0.25) is 0 Å². The van der Waals surface area contributed by atoms with Gasteiger partial charge in [-0.15, -0.1) is 0 Å². The molecule has 1 nitrogen and oxygen atoms in total. The monoisotopic (exact) mass is 361 g/mol. The largest absolute Gasteiger partial charge is 0.344 e. The number of aryl methyl sites for hydroxylation is 1. The molecule has 28 heavy (non-hydrogen) atoms. The van der Waals surface area contributed by atoms with Crippen molar-refractivity contribution in [3.63, 3.8) is 0 Å². The smallest absolute Gasteiger partial charge is 0.0491 e. The molecule has 0 amide bonds. The molecule has 0 N–H and O–H groups in total. The van der Waals surface area contributed by atoms with E-state index in [2.05, 4.69) is 109 Å². The van der Waals surface area contributed by atoms with Crippen LogP contribution in [0.3, 0.4) is 0 Å². The van der Waals surface area contributed by atoms with Gasteiger partial charge in [-0.3, -0.25) is 0 Å². The van der Waals surface area contributed by atoms with E-state index in [9.17, 15) is 0 Å². The fraction of sp³-hybridized carbons (Fsp3) is 0.111. The zero-order valence-electron chi connectivity index (χ0n) is 16.1. The third-order valence-corrected chi connectivity index (χ3v) is 5.67. The van der Waals surface area contributed by atoms with Gasteiger partial charge in [0.2, 0.25) is 0 Å². The van der Waals surface area contributed by atoms with Crippen LogP contribution in [0, 0.1) is 0 Å². The highest BCUT2D eigenvalue weighted by molar-refractivity contribution is 6.10. The van der Waals surface area contributed by atoms with Crippen molar-refractivity contribution in [1.82, 2.24) is 4.57 Å². The lowest BCUT2D eigenvalue weighted by atomic mass is 9.98. The van der Waals surface area contributed by atoms with Gasteiger partial charge >= 0.3 is 0 Å². The maximum atomic E-state index is 2.39. The van der Waals surface area contributed by atoms with E-state index in [1.54, 1.807) is 0 Å². The fourth-order valence-electron chi connectivity index (χ4n) is 4.29. The fourth-order valence-corrected chi connectivity index (χ4v) is 4.29. The van der Waals surface area contributed by atoms with E-state index >= 15 is 0 Å². The lowest BCUT2D eigenvalue weighted by molar-refractivity contribution is 1.01. The van der Waals surface area contributed by atoms with Gasteiger partial charge in [0.05, 0.1) is 0 Å². The van der Waals surface area contributed by atoms with Crippen molar-refractivity contribution in [2.24, 2.45) is 7.05 Å². The third kappa shape index (κ3) is 2.99. The van der Waals surface area contributed by atoms with Crippen LogP contribution in [0.1, 0.15) is 22.3 Å².